The van der Waals surface area contributed by atoms with Crippen molar-refractivity contribution in [1.29, 1.82) is 0 Å². The molecule has 5 heteroatoms. The highest BCUT2D eigenvalue weighted by Crippen LogP contribution is 2.19. The average molecular weight is 274 g/mol. The summed E-state index contributed by atoms with van der Waals surface area (Å²) >= 11 is 5.84. The van der Waals surface area contributed by atoms with Crippen LogP contribution in [0.5, 0.6) is 0 Å². The Kier molecular flexibility index (Phi) is 5.56. The molecule has 1 atom stereocenters. The number of benzene rings is 1. The van der Waals surface area contributed by atoms with E-state index in [-0.39, 0.29) is 41.5 Å². The highest BCUT2D eigenvalue weighted by atomic mass is 35.5. The van der Waals surface area contributed by atoms with Gasteiger partial charge in [0.15, 0.2) is 0 Å². The second kappa shape index (κ2) is 6.71. The Labute approximate surface area is 111 Å². The molecule has 0 aromatic heterocycles. The van der Waals surface area contributed by atoms with Crippen LogP contribution in [0.3, 0.4) is 0 Å². The molecule has 3 nitrogen and oxygen atoms in total. The first-order valence-electron chi connectivity index (χ1n) is 5.78. The molecule has 0 aliphatic rings. The van der Waals surface area contributed by atoms with Crippen LogP contribution >= 0.6 is 11.6 Å². The number of hydrogen-bond acceptors (Lipinski definition) is 2. The van der Waals surface area contributed by atoms with Gasteiger partial charge in [-0.15, -0.1) is 0 Å². The zero-order chi connectivity index (χ0) is 13.7. The molecule has 0 spiro atoms. The fraction of sp³-hybridized carbons (Fsp3) is 0.462. The van der Waals surface area contributed by atoms with Gasteiger partial charge in [0.05, 0.1) is 19.1 Å². The molecule has 0 bridgehead atoms. The lowest BCUT2D eigenvalue weighted by molar-refractivity contribution is -0.121. The van der Waals surface area contributed by atoms with Crippen molar-refractivity contribution in [1.82, 2.24) is 5.32 Å². The van der Waals surface area contributed by atoms with Crippen molar-refractivity contribution in [2.45, 2.75) is 26.3 Å². The van der Waals surface area contributed by atoms with E-state index in [9.17, 15) is 9.18 Å². The summed E-state index contributed by atoms with van der Waals surface area (Å²) in [5, 5.41) is 12.0. The number of carbonyl (C=O) groups is 1. The molecular formula is C13H17ClFNO2. The number of aliphatic hydroxyl groups is 1. The summed E-state index contributed by atoms with van der Waals surface area (Å²) in [6, 6.07) is 3.96. The molecule has 1 unspecified atom stereocenters. The lowest BCUT2D eigenvalue weighted by atomic mass is 10.0. The third kappa shape index (κ3) is 3.96. The summed E-state index contributed by atoms with van der Waals surface area (Å²) in [5.74, 6) is -0.743. The molecule has 0 radical (unpaired) electrons. The van der Waals surface area contributed by atoms with Crippen LogP contribution in [0.15, 0.2) is 18.2 Å². The van der Waals surface area contributed by atoms with E-state index in [0.29, 0.717) is 0 Å². The van der Waals surface area contributed by atoms with E-state index in [4.69, 9.17) is 16.7 Å². The zero-order valence-corrected chi connectivity index (χ0v) is 11.2. The molecule has 1 aromatic carbocycles. The van der Waals surface area contributed by atoms with Crippen LogP contribution in [-0.2, 0) is 11.2 Å². The summed E-state index contributed by atoms with van der Waals surface area (Å²) < 4.78 is 13.5. The van der Waals surface area contributed by atoms with Gasteiger partial charge in [-0.1, -0.05) is 31.5 Å². The topological polar surface area (TPSA) is 49.3 Å². The minimum absolute atomic E-state index is 0.107. The van der Waals surface area contributed by atoms with Crippen molar-refractivity contribution in [3.63, 3.8) is 0 Å². The summed E-state index contributed by atoms with van der Waals surface area (Å²) in [5.41, 5.74) is 0.178. The fourth-order valence-corrected chi connectivity index (χ4v) is 1.77. The summed E-state index contributed by atoms with van der Waals surface area (Å²) in [7, 11) is 0. The standard InChI is InChI=1S/C13H17ClFNO2/c1-8(2)12(7-17)16-13(18)6-9-10(14)4-3-5-11(9)15/h3-5,8,12,17H,6-7H2,1-2H3,(H,16,18). The molecule has 1 rings (SSSR count). The SMILES string of the molecule is CC(C)C(CO)NC(=O)Cc1c(F)cccc1Cl. The van der Waals surface area contributed by atoms with Crippen molar-refractivity contribution in [3.05, 3.63) is 34.6 Å². The van der Waals surface area contributed by atoms with Crippen LogP contribution in [-0.4, -0.2) is 23.7 Å². The molecule has 2 N–H and O–H groups in total. The lowest BCUT2D eigenvalue weighted by Crippen LogP contribution is -2.41. The molecule has 0 fully saturated rings. The van der Waals surface area contributed by atoms with Crippen molar-refractivity contribution in [2.24, 2.45) is 5.92 Å². The smallest absolute Gasteiger partial charge is 0.224 e. The number of amides is 1. The highest BCUT2D eigenvalue weighted by Gasteiger charge is 2.17. The zero-order valence-electron chi connectivity index (χ0n) is 10.4. The molecule has 1 aromatic rings. The van der Waals surface area contributed by atoms with Gasteiger partial charge in [0.1, 0.15) is 5.82 Å². The molecule has 0 heterocycles. The van der Waals surface area contributed by atoms with E-state index in [1.165, 1.54) is 12.1 Å². The Balaban J connectivity index is 2.70. The average Bonchev–Trinajstić information content (AvgIpc) is 2.30. The molecule has 18 heavy (non-hydrogen) atoms. The minimum Gasteiger partial charge on any atom is -0.394 e. The molecule has 1 amide bonds. The Morgan fingerprint density at radius 3 is 2.67 bits per heavy atom. The van der Waals surface area contributed by atoms with Gasteiger partial charge in [-0.2, -0.15) is 0 Å². The predicted octanol–water partition coefficient (Wildman–Crippen LogP) is 2.15. The lowest BCUT2D eigenvalue weighted by Gasteiger charge is -2.20. The van der Waals surface area contributed by atoms with E-state index >= 15 is 0 Å². The second-order valence-corrected chi connectivity index (χ2v) is 4.88. The van der Waals surface area contributed by atoms with Crippen molar-refractivity contribution >= 4 is 17.5 Å². The van der Waals surface area contributed by atoms with E-state index in [0.717, 1.165) is 0 Å². The maximum absolute atomic E-state index is 13.5. The number of nitrogens with one attached hydrogen (secondary N) is 1. The van der Waals surface area contributed by atoms with Crippen LogP contribution < -0.4 is 5.32 Å². The van der Waals surface area contributed by atoms with Gasteiger partial charge in [-0.3, -0.25) is 4.79 Å². The van der Waals surface area contributed by atoms with Crippen molar-refractivity contribution in [2.75, 3.05) is 6.61 Å². The monoisotopic (exact) mass is 273 g/mol. The van der Waals surface area contributed by atoms with E-state index in [2.05, 4.69) is 5.32 Å². The number of rotatable bonds is 5. The largest absolute Gasteiger partial charge is 0.394 e. The highest BCUT2D eigenvalue weighted by molar-refractivity contribution is 6.31. The molecule has 0 aliphatic carbocycles. The predicted molar refractivity (Wildman–Crippen MR) is 69.0 cm³/mol. The molecule has 0 saturated heterocycles. The molecular weight excluding hydrogens is 257 g/mol. The molecule has 0 saturated carbocycles. The second-order valence-electron chi connectivity index (χ2n) is 4.48. The van der Waals surface area contributed by atoms with Crippen LogP contribution in [0.4, 0.5) is 4.39 Å². The maximum atomic E-state index is 13.5. The van der Waals surface area contributed by atoms with Crippen LogP contribution in [0.1, 0.15) is 19.4 Å². The maximum Gasteiger partial charge on any atom is 0.224 e. The summed E-state index contributed by atoms with van der Waals surface area (Å²) in [6.45, 7) is 3.63. The Bertz CT molecular complexity index is 403. The van der Waals surface area contributed by atoms with Gasteiger partial charge in [0.25, 0.3) is 0 Å². The summed E-state index contributed by atoms with van der Waals surface area (Å²) in [6.07, 6.45) is -0.130. The minimum atomic E-state index is -0.497. The van der Waals surface area contributed by atoms with Crippen LogP contribution in [0.25, 0.3) is 0 Å². The number of carbonyl (C=O) groups excluding carboxylic acids is 1. The number of aliphatic hydroxyl groups excluding tert-OH is 1. The molecule has 0 aliphatic heterocycles. The van der Waals surface area contributed by atoms with E-state index in [1.54, 1.807) is 6.07 Å². The fourth-order valence-electron chi connectivity index (χ4n) is 1.54. The van der Waals surface area contributed by atoms with Gasteiger partial charge in [0, 0.05) is 10.6 Å². The third-order valence-electron chi connectivity index (χ3n) is 2.75. The quantitative estimate of drug-likeness (QED) is 0.864. The Morgan fingerprint density at radius 1 is 1.50 bits per heavy atom. The Morgan fingerprint density at radius 2 is 2.17 bits per heavy atom. The van der Waals surface area contributed by atoms with Gasteiger partial charge >= 0.3 is 0 Å². The van der Waals surface area contributed by atoms with Gasteiger partial charge in [-0.25, -0.2) is 4.39 Å². The van der Waals surface area contributed by atoms with E-state index in [1.807, 2.05) is 13.8 Å². The van der Waals surface area contributed by atoms with Crippen LogP contribution in [0, 0.1) is 11.7 Å². The van der Waals surface area contributed by atoms with Crippen molar-refractivity contribution in [3.8, 4) is 0 Å². The number of hydrogen-bond donors (Lipinski definition) is 2. The summed E-state index contributed by atoms with van der Waals surface area (Å²) in [4.78, 5) is 11.7. The van der Waals surface area contributed by atoms with Crippen LogP contribution in [0.2, 0.25) is 5.02 Å². The third-order valence-corrected chi connectivity index (χ3v) is 3.10. The first-order valence-corrected chi connectivity index (χ1v) is 6.16. The number of halogens is 2. The van der Waals surface area contributed by atoms with Crippen molar-refractivity contribution < 1.29 is 14.3 Å². The first kappa shape index (κ1) is 14.9. The Hall–Kier alpha value is -1.13. The first-order chi connectivity index (χ1) is 8.45. The molecule has 100 valence electrons. The van der Waals surface area contributed by atoms with Gasteiger partial charge in [0.2, 0.25) is 5.91 Å². The van der Waals surface area contributed by atoms with Gasteiger partial charge < -0.3 is 10.4 Å². The van der Waals surface area contributed by atoms with Gasteiger partial charge in [-0.05, 0) is 18.1 Å². The van der Waals surface area contributed by atoms with E-state index < -0.39 is 5.82 Å². The normalized spacial score (nSPS) is 12.6.